The van der Waals surface area contributed by atoms with E-state index in [1.807, 2.05) is 4.90 Å². The van der Waals surface area contributed by atoms with Crippen molar-refractivity contribution < 1.29 is 9.59 Å². The van der Waals surface area contributed by atoms with Gasteiger partial charge in [0, 0.05) is 26.2 Å². The van der Waals surface area contributed by atoms with Crippen molar-refractivity contribution in [3.05, 3.63) is 0 Å². The Kier molecular flexibility index (Phi) is 3.20. The van der Waals surface area contributed by atoms with E-state index in [0.29, 0.717) is 13.0 Å². The first-order chi connectivity index (χ1) is 7.27. The number of hydrogen-bond donors (Lipinski definition) is 2. The molecule has 5 nitrogen and oxygen atoms in total. The van der Waals surface area contributed by atoms with Crippen molar-refractivity contribution in [3.63, 3.8) is 0 Å². The van der Waals surface area contributed by atoms with Gasteiger partial charge in [-0.15, -0.1) is 0 Å². The maximum absolute atomic E-state index is 11.8. The Bertz CT molecular complexity index is 261. The minimum atomic E-state index is -0.327. The van der Waals surface area contributed by atoms with E-state index in [9.17, 15) is 9.59 Å². The Balaban J connectivity index is 1.84. The van der Waals surface area contributed by atoms with Crippen molar-refractivity contribution in [1.82, 2.24) is 15.5 Å². The zero-order valence-corrected chi connectivity index (χ0v) is 8.79. The highest BCUT2D eigenvalue weighted by Gasteiger charge is 2.27. The topological polar surface area (TPSA) is 61.4 Å². The summed E-state index contributed by atoms with van der Waals surface area (Å²) in [5.41, 5.74) is 0. The molecule has 5 heteroatoms. The van der Waals surface area contributed by atoms with Crippen LogP contribution in [0.3, 0.4) is 0 Å². The summed E-state index contributed by atoms with van der Waals surface area (Å²) in [5, 5.41) is 5.82. The molecule has 0 aromatic heterocycles. The van der Waals surface area contributed by atoms with Crippen LogP contribution in [0.25, 0.3) is 0 Å². The van der Waals surface area contributed by atoms with Gasteiger partial charge in [-0.05, 0) is 12.8 Å². The minimum absolute atomic E-state index is 0.0474. The average molecular weight is 211 g/mol. The first-order valence-electron chi connectivity index (χ1n) is 5.56. The van der Waals surface area contributed by atoms with Crippen molar-refractivity contribution in [2.24, 2.45) is 0 Å². The second-order valence-electron chi connectivity index (χ2n) is 4.09. The third-order valence-corrected chi connectivity index (χ3v) is 2.97. The van der Waals surface area contributed by atoms with Crippen LogP contribution in [0.5, 0.6) is 0 Å². The molecule has 84 valence electrons. The van der Waals surface area contributed by atoms with E-state index >= 15 is 0 Å². The van der Waals surface area contributed by atoms with Gasteiger partial charge in [-0.1, -0.05) is 0 Å². The number of amides is 2. The molecular weight excluding hydrogens is 194 g/mol. The number of likely N-dealkylation sites (tertiary alicyclic amines) is 1. The van der Waals surface area contributed by atoms with Crippen LogP contribution in [-0.4, -0.2) is 48.9 Å². The number of carbonyl (C=O) groups excluding carboxylic acids is 2. The lowest BCUT2D eigenvalue weighted by molar-refractivity contribution is -0.134. The maximum atomic E-state index is 11.8. The highest BCUT2D eigenvalue weighted by molar-refractivity contribution is 5.88. The molecule has 2 aliphatic heterocycles. The molecule has 0 aliphatic carbocycles. The van der Waals surface area contributed by atoms with Gasteiger partial charge in [-0.3, -0.25) is 9.59 Å². The molecule has 2 N–H and O–H groups in total. The molecule has 2 rings (SSSR count). The van der Waals surface area contributed by atoms with E-state index in [1.165, 1.54) is 0 Å². The fourth-order valence-electron chi connectivity index (χ4n) is 2.08. The molecule has 2 aliphatic rings. The maximum Gasteiger partial charge on any atom is 0.237 e. The van der Waals surface area contributed by atoms with Gasteiger partial charge in [0.1, 0.15) is 0 Å². The van der Waals surface area contributed by atoms with Gasteiger partial charge < -0.3 is 15.5 Å². The summed E-state index contributed by atoms with van der Waals surface area (Å²) in [6.07, 6.45) is 2.48. The Morgan fingerprint density at radius 3 is 2.73 bits per heavy atom. The van der Waals surface area contributed by atoms with Crippen LogP contribution >= 0.6 is 0 Å². The van der Waals surface area contributed by atoms with Gasteiger partial charge in [0.05, 0.1) is 12.5 Å². The molecule has 0 saturated carbocycles. The predicted octanol–water partition coefficient (Wildman–Crippen LogP) is -0.913. The second-order valence-corrected chi connectivity index (χ2v) is 4.09. The van der Waals surface area contributed by atoms with E-state index in [2.05, 4.69) is 10.6 Å². The third-order valence-electron chi connectivity index (χ3n) is 2.97. The van der Waals surface area contributed by atoms with Crippen molar-refractivity contribution >= 4 is 11.8 Å². The Labute approximate surface area is 89.2 Å². The summed E-state index contributed by atoms with van der Waals surface area (Å²) in [6.45, 7) is 3.12. The van der Waals surface area contributed by atoms with Gasteiger partial charge in [0.2, 0.25) is 11.8 Å². The second kappa shape index (κ2) is 4.61. The fourth-order valence-corrected chi connectivity index (χ4v) is 2.08. The lowest BCUT2D eigenvalue weighted by Crippen LogP contribution is -2.54. The minimum Gasteiger partial charge on any atom is -0.353 e. The molecular formula is C10H17N3O2. The summed E-state index contributed by atoms with van der Waals surface area (Å²) in [5.74, 6) is 0.0517. The van der Waals surface area contributed by atoms with Gasteiger partial charge in [0.25, 0.3) is 0 Å². The van der Waals surface area contributed by atoms with E-state index in [0.717, 1.165) is 32.5 Å². The Morgan fingerprint density at radius 2 is 2.07 bits per heavy atom. The van der Waals surface area contributed by atoms with Gasteiger partial charge >= 0.3 is 0 Å². The molecule has 0 radical (unpaired) electrons. The summed E-state index contributed by atoms with van der Waals surface area (Å²) in [7, 11) is 0. The van der Waals surface area contributed by atoms with E-state index in [1.54, 1.807) is 0 Å². The van der Waals surface area contributed by atoms with E-state index in [-0.39, 0.29) is 17.9 Å². The van der Waals surface area contributed by atoms with Crippen molar-refractivity contribution in [2.45, 2.75) is 25.3 Å². The van der Waals surface area contributed by atoms with Crippen molar-refractivity contribution in [1.29, 1.82) is 0 Å². The van der Waals surface area contributed by atoms with Crippen LogP contribution in [0.1, 0.15) is 19.3 Å². The Hall–Kier alpha value is -1.10. The number of nitrogens with zero attached hydrogens (tertiary/aromatic N) is 1. The number of rotatable bonds is 2. The molecule has 2 saturated heterocycles. The molecule has 0 spiro atoms. The number of nitrogens with one attached hydrogen (secondary N) is 2. The molecule has 0 aromatic carbocycles. The molecule has 0 aromatic rings. The molecule has 15 heavy (non-hydrogen) atoms. The zero-order chi connectivity index (χ0) is 10.7. The third kappa shape index (κ3) is 2.47. The highest BCUT2D eigenvalue weighted by Crippen LogP contribution is 2.10. The summed E-state index contributed by atoms with van der Waals surface area (Å²) in [6, 6.07) is -0.327. The van der Waals surface area contributed by atoms with Crippen molar-refractivity contribution in [2.75, 3.05) is 26.2 Å². The lowest BCUT2D eigenvalue weighted by Gasteiger charge is -2.25. The summed E-state index contributed by atoms with van der Waals surface area (Å²) < 4.78 is 0. The SMILES string of the molecule is O=C1NCCN[C@H]1CC(=O)N1CCCC1. The summed E-state index contributed by atoms with van der Waals surface area (Å²) in [4.78, 5) is 25.0. The van der Waals surface area contributed by atoms with Gasteiger partial charge in [-0.25, -0.2) is 0 Å². The molecule has 1 atom stereocenters. The molecule has 2 fully saturated rings. The quantitative estimate of drug-likeness (QED) is 0.621. The summed E-state index contributed by atoms with van der Waals surface area (Å²) >= 11 is 0. The van der Waals surface area contributed by atoms with Crippen LogP contribution < -0.4 is 10.6 Å². The first kappa shape index (κ1) is 10.4. The largest absolute Gasteiger partial charge is 0.353 e. The number of piperazine rings is 1. The number of carbonyl (C=O) groups is 2. The average Bonchev–Trinajstić information content (AvgIpc) is 2.74. The van der Waals surface area contributed by atoms with Crippen LogP contribution in [0, 0.1) is 0 Å². The fraction of sp³-hybridized carbons (Fsp3) is 0.800. The number of hydrogen-bond acceptors (Lipinski definition) is 3. The van der Waals surface area contributed by atoms with Crippen LogP contribution in [0.2, 0.25) is 0 Å². The van der Waals surface area contributed by atoms with Gasteiger partial charge in [0.15, 0.2) is 0 Å². The first-order valence-corrected chi connectivity index (χ1v) is 5.56. The van der Waals surface area contributed by atoms with Crippen LogP contribution in [0.4, 0.5) is 0 Å². The lowest BCUT2D eigenvalue weighted by atomic mass is 10.1. The predicted molar refractivity (Wildman–Crippen MR) is 55.2 cm³/mol. The molecule has 0 bridgehead atoms. The van der Waals surface area contributed by atoms with E-state index in [4.69, 9.17) is 0 Å². The van der Waals surface area contributed by atoms with Crippen LogP contribution in [0.15, 0.2) is 0 Å². The molecule has 2 heterocycles. The smallest absolute Gasteiger partial charge is 0.237 e. The normalized spacial score (nSPS) is 26.5. The standard InChI is InChI=1S/C10H17N3O2/c14-9(13-5-1-2-6-13)7-8-10(15)12-4-3-11-8/h8,11H,1-7H2,(H,12,15)/t8-/m0/s1. The zero-order valence-electron chi connectivity index (χ0n) is 8.79. The molecule has 0 unspecified atom stereocenters. The van der Waals surface area contributed by atoms with Crippen LogP contribution in [-0.2, 0) is 9.59 Å². The van der Waals surface area contributed by atoms with Crippen molar-refractivity contribution in [3.8, 4) is 0 Å². The highest BCUT2D eigenvalue weighted by atomic mass is 16.2. The van der Waals surface area contributed by atoms with E-state index < -0.39 is 0 Å². The van der Waals surface area contributed by atoms with Gasteiger partial charge in [-0.2, -0.15) is 0 Å². The Morgan fingerprint density at radius 1 is 1.33 bits per heavy atom. The monoisotopic (exact) mass is 211 g/mol. The molecule has 2 amide bonds.